The molecule has 0 aliphatic heterocycles. The molecule has 4 aliphatic rings. The topological polar surface area (TPSA) is 62.2 Å². The minimum atomic E-state index is -0.0919. The number of allylic oxidation sites excluding steroid dienone is 5. The van der Waals surface area contributed by atoms with Crippen molar-refractivity contribution < 1.29 is 19.7 Å². The number of aliphatic hydroxyl groups excluding tert-OH is 2. The molecule has 0 spiro atoms. The Hall–Kier alpha value is -0.980. The largest absolute Gasteiger partial charge is 0.395 e. The number of aliphatic hydroxyl groups is 2. The van der Waals surface area contributed by atoms with E-state index in [-0.39, 0.29) is 25.6 Å². The van der Waals surface area contributed by atoms with Gasteiger partial charge in [-0.15, -0.1) is 0 Å². The summed E-state index contributed by atoms with van der Waals surface area (Å²) in [6.07, 6.45) is 47.5. The Kier molecular flexibility index (Phi) is 25.6. The Balaban J connectivity index is 1.25. The van der Waals surface area contributed by atoms with Crippen LogP contribution in [0.25, 0.3) is 0 Å². The third kappa shape index (κ3) is 16.7. The van der Waals surface area contributed by atoms with Crippen LogP contribution in [0.3, 0.4) is 0 Å². The van der Waals surface area contributed by atoms with Crippen LogP contribution in [-0.4, -0.2) is 67.0 Å². The molecule has 0 radical (unpaired) electrons. The number of nitrogens with zero attached hydrogens (tertiary/aromatic N) is 1. The molecule has 4 rings (SSSR count). The molecule has 0 aromatic heterocycles. The highest BCUT2D eigenvalue weighted by molar-refractivity contribution is 5.25. The van der Waals surface area contributed by atoms with Crippen LogP contribution in [0.15, 0.2) is 36.0 Å². The molecule has 4 aliphatic carbocycles. The van der Waals surface area contributed by atoms with Gasteiger partial charge in [0.05, 0.1) is 19.3 Å². The van der Waals surface area contributed by atoms with Crippen LogP contribution in [0.2, 0.25) is 0 Å². The average Bonchev–Trinajstić information content (AvgIpc) is 3.62. The third-order valence-corrected chi connectivity index (χ3v) is 17.3. The molecule has 0 aromatic rings. The fraction of sp³-hybridized carbons (Fsp3) is 0.895. The van der Waals surface area contributed by atoms with E-state index in [0.29, 0.717) is 35.8 Å². The van der Waals surface area contributed by atoms with Crippen molar-refractivity contribution in [2.75, 3.05) is 39.5 Å². The number of unbranched alkanes of at least 4 members (excludes halogenated alkanes) is 14. The summed E-state index contributed by atoms with van der Waals surface area (Å²) in [4.78, 5) is 2.16. The average molecular weight is 866 g/mol. The molecule has 360 valence electrons. The van der Waals surface area contributed by atoms with Crippen LogP contribution in [0.4, 0.5) is 0 Å². The Labute approximate surface area is 385 Å². The molecular weight excluding hydrogens is 763 g/mol. The maximum absolute atomic E-state index is 9.35. The molecule has 0 amide bonds. The Morgan fingerprint density at radius 2 is 1.39 bits per heavy atom. The van der Waals surface area contributed by atoms with Gasteiger partial charge in [0.2, 0.25) is 0 Å². The smallest absolute Gasteiger partial charge is 0.157 e. The van der Waals surface area contributed by atoms with Gasteiger partial charge in [-0.1, -0.05) is 149 Å². The minimum Gasteiger partial charge on any atom is -0.395 e. The molecule has 5 nitrogen and oxygen atoms in total. The van der Waals surface area contributed by atoms with Crippen molar-refractivity contribution in [1.82, 2.24) is 4.90 Å². The number of hydrogen-bond acceptors (Lipinski definition) is 5. The highest BCUT2D eigenvalue weighted by Gasteiger charge is 2.59. The molecule has 0 heterocycles. The molecule has 10 unspecified atom stereocenters. The number of hydrogen-bond donors (Lipinski definition) is 2. The second-order valence-electron chi connectivity index (χ2n) is 21.9. The van der Waals surface area contributed by atoms with Crippen LogP contribution in [-0.2, 0) is 9.47 Å². The summed E-state index contributed by atoms with van der Waals surface area (Å²) in [5.74, 6) is 5.51. The maximum atomic E-state index is 9.35. The van der Waals surface area contributed by atoms with Gasteiger partial charge in [0, 0.05) is 19.7 Å². The third-order valence-electron chi connectivity index (χ3n) is 17.3. The van der Waals surface area contributed by atoms with Gasteiger partial charge in [0.25, 0.3) is 0 Å². The highest BCUT2D eigenvalue weighted by atomic mass is 16.7. The van der Waals surface area contributed by atoms with Crippen molar-refractivity contribution in [3.8, 4) is 0 Å². The second kappa shape index (κ2) is 29.6. The van der Waals surface area contributed by atoms with Gasteiger partial charge in [0.1, 0.15) is 0 Å². The Morgan fingerprint density at radius 3 is 2.06 bits per heavy atom. The first kappa shape index (κ1) is 53.6. The van der Waals surface area contributed by atoms with E-state index in [0.717, 1.165) is 81.3 Å². The predicted molar refractivity (Wildman–Crippen MR) is 265 cm³/mol. The van der Waals surface area contributed by atoms with Crippen LogP contribution >= 0.6 is 0 Å². The summed E-state index contributed by atoms with van der Waals surface area (Å²) in [6.45, 7) is 20.7. The first-order chi connectivity index (χ1) is 30.1. The lowest BCUT2D eigenvalue weighted by Crippen LogP contribution is -2.51. The van der Waals surface area contributed by atoms with Gasteiger partial charge in [0.15, 0.2) is 6.29 Å². The van der Waals surface area contributed by atoms with Crippen LogP contribution in [0.1, 0.15) is 222 Å². The summed E-state index contributed by atoms with van der Waals surface area (Å²) in [7, 11) is 0. The standard InChI is InChI=1S/C57H103NO4/c1-8-10-11-12-13-14-15-16-17-18-19-20-21-22-25-28-55(61-44-27-24-23-26-39-58(40-42-59)41-43-60)62-50-35-37-56(6)49(45-50)31-32-51-53-34-33-52(57(53,7)38-36-54(51)56)47(5)29-30-48(9-2)46(3)4/h16-17,29-31,46-48,50-55,59-60H,8-15,18-28,32-45H2,1-7H3/b17-16-,30-29+. The van der Waals surface area contributed by atoms with Gasteiger partial charge in [-0.3, -0.25) is 4.90 Å². The Bertz CT molecular complexity index is 1250. The van der Waals surface area contributed by atoms with E-state index in [1.165, 1.54) is 135 Å². The first-order valence-electron chi connectivity index (χ1n) is 27.3. The molecule has 0 bridgehead atoms. The van der Waals surface area contributed by atoms with Crippen molar-refractivity contribution in [2.45, 2.75) is 234 Å². The summed E-state index contributed by atoms with van der Waals surface area (Å²) in [5.41, 5.74) is 2.55. The van der Waals surface area contributed by atoms with Gasteiger partial charge in [-0.25, -0.2) is 0 Å². The molecule has 3 fully saturated rings. The van der Waals surface area contributed by atoms with Gasteiger partial charge in [-0.05, 0) is 168 Å². The molecule has 3 saturated carbocycles. The highest BCUT2D eigenvalue weighted by Crippen LogP contribution is 2.67. The molecule has 10 atom stereocenters. The Morgan fingerprint density at radius 1 is 0.726 bits per heavy atom. The van der Waals surface area contributed by atoms with Crippen molar-refractivity contribution in [1.29, 1.82) is 0 Å². The summed E-state index contributed by atoms with van der Waals surface area (Å²) in [6, 6.07) is 0. The predicted octanol–water partition coefficient (Wildman–Crippen LogP) is 15.1. The summed E-state index contributed by atoms with van der Waals surface area (Å²) < 4.78 is 13.6. The SMILES string of the molecule is CCCCCCCC/C=C\CCCCCCCC(OCCCCCCN(CCO)CCO)OC1CCC2(C)C(=CCC3C2CCC2(C)C(C(C)/C=C/C(CC)C(C)C)CCC32)C1. The van der Waals surface area contributed by atoms with Gasteiger partial charge < -0.3 is 19.7 Å². The minimum absolute atomic E-state index is 0.0919. The van der Waals surface area contributed by atoms with E-state index in [2.05, 4.69) is 83.7 Å². The lowest BCUT2D eigenvalue weighted by atomic mass is 9.47. The number of fused-ring (bicyclic) bond motifs is 5. The molecule has 0 saturated heterocycles. The molecular formula is C57H103NO4. The van der Waals surface area contributed by atoms with E-state index in [1.54, 1.807) is 5.57 Å². The van der Waals surface area contributed by atoms with E-state index >= 15 is 0 Å². The zero-order valence-electron chi connectivity index (χ0n) is 42.1. The van der Waals surface area contributed by atoms with Crippen LogP contribution in [0, 0.1) is 52.3 Å². The lowest BCUT2D eigenvalue weighted by Gasteiger charge is -2.58. The van der Waals surface area contributed by atoms with Crippen molar-refractivity contribution in [3.05, 3.63) is 36.0 Å². The fourth-order valence-corrected chi connectivity index (χ4v) is 13.3. The first-order valence-corrected chi connectivity index (χ1v) is 27.3. The molecule has 62 heavy (non-hydrogen) atoms. The second-order valence-corrected chi connectivity index (χ2v) is 21.9. The van der Waals surface area contributed by atoms with Crippen molar-refractivity contribution in [3.63, 3.8) is 0 Å². The van der Waals surface area contributed by atoms with E-state index < -0.39 is 0 Å². The van der Waals surface area contributed by atoms with Crippen LogP contribution in [0.5, 0.6) is 0 Å². The summed E-state index contributed by atoms with van der Waals surface area (Å²) >= 11 is 0. The zero-order valence-corrected chi connectivity index (χ0v) is 42.1. The molecule has 5 heteroatoms. The van der Waals surface area contributed by atoms with Crippen LogP contribution < -0.4 is 0 Å². The number of ether oxygens (including phenoxy) is 2. The lowest BCUT2D eigenvalue weighted by molar-refractivity contribution is -0.183. The zero-order chi connectivity index (χ0) is 44.6. The fourth-order valence-electron chi connectivity index (χ4n) is 13.3. The quantitative estimate of drug-likeness (QED) is 0.0383. The van der Waals surface area contributed by atoms with E-state index in [1.807, 2.05) is 0 Å². The van der Waals surface area contributed by atoms with Gasteiger partial charge in [-0.2, -0.15) is 0 Å². The van der Waals surface area contributed by atoms with Crippen molar-refractivity contribution in [2.24, 2.45) is 52.3 Å². The van der Waals surface area contributed by atoms with E-state index in [4.69, 9.17) is 9.47 Å². The monoisotopic (exact) mass is 866 g/mol. The normalized spacial score (nSPS) is 29.0. The molecule has 0 aromatic carbocycles. The summed E-state index contributed by atoms with van der Waals surface area (Å²) in [5, 5.41) is 18.7. The molecule has 2 N–H and O–H groups in total. The van der Waals surface area contributed by atoms with E-state index in [9.17, 15) is 10.2 Å². The maximum Gasteiger partial charge on any atom is 0.157 e. The van der Waals surface area contributed by atoms with Crippen molar-refractivity contribution >= 4 is 0 Å². The number of rotatable bonds is 34. The van der Waals surface area contributed by atoms with Gasteiger partial charge >= 0.3 is 0 Å².